The molecule has 0 atom stereocenters. The van der Waals surface area contributed by atoms with E-state index in [2.05, 4.69) is 29.7 Å². The lowest BCUT2D eigenvalue weighted by molar-refractivity contribution is -0.114. The SMILES string of the molecule is CCCCCCOc1ccc(NC(=O)CNc2cccc(OCCc3ccccc3)c2)cc1. The highest BCUT2D eigenvalue weighted by molar-refractivity contribution is 5.93. The van der Waals surface area contributed by atoms with Gasteiger partial charge >= 0.3 is 0 Å². The van der Waals surface area contributed by atoms with Crippen LogP contribution in [0.25, 0.3) is 0 Å². The Bertz CT molecular complexity index is 958. The second-order valence-electron chi connectivity index (χ2n) is 7.95. The number of carbonyl (C=O) groups excluding carboxylic acids is 1. The van der Waals surface area contributed by atoms with Crippen LogP contribution >= 0.6 is 0 Å². The Morgan fingerprint density at radius 1 is 0.758 bits per heavy atom. The van der Waals surface area contributed by atoms with Crippen LogP contribution in [0.15, 0.2) is 78.9 Å². The first-order chi connectivity index (χ1) is 16.2. The number of anilines is 2. The van der Waals surface area contributed by atoms with E-state index < -0.39 is 0 Å². The summed E-state index contributed by atoms with van der Waals surface area (Å²) in [5, 5.41) is 6.05. The first-order valence-corrected chi connectivity index (χ1v) is 11.8. The van der Waals surface area contributed by atoms with Gasteiger partial charge in [0.05, 0.1) is 19.8 Å². The van der Waals surface area contributed by atoms with Crippen molar-refractivity contribution in [3.8, 4) is 11.5 Å². The molecule has 0 saturated heterocycles. The molecule has 33 heavy (non-hydrogen) atoms. The summed E-state index contributed by atoms with van der Waals surface area (Å²) in [6.07, 6.45) is 5.58. The smallest absolute Gasteiger partial charge is 0.243 e. The number of carbonyl (C=O) groups is 1. The Kier molecular flexibility index (Phi) is 10.1. The van der Waals surface area contributed by atoms with Gasteiger partial charge in [-0.15, -0.1) is 0 Å². The summed E-state index contributed by atoms with van der Waals surface area (Å²) in [5.41, 5.74) is 2.84. The third kappa shape index (κ3) is 9.27. The van der Waals surface area contributed by atoms with E-state index in [1.807, 2.05) is 66.7 Å². The number of benzene rings is 3. The van der Waals surface area contributed by atoms with Crippen molar-refractivity contribution in [3.63, 3.8) is 0 Å². The fraction of sp³-hybridized carbons (Fsp3) is 0.321. The number of hydrogen-bond acceptors (Lipinski definition) is 4. The van der Waals surface area contributed by atoms with E-state index in [0.29, 0.717) is 6.61 Å². The number of ether oxygens (including phenoxy) is 2. The van der Waals surface area contributed by atoms with Crippen molar-refractivity contribution in [2.24, 2.45) is 0 Å². The predicted molar refractivity (Wildman–Crippen MR) is 135 cm³/mol. The van der Waals surface area contributed by atoms with Crippen molar-refractivity contribution < 1.29 is 14.3 Å². The molecule has 0 aliphatic rings. The van der Waals surface area contributed by atoms with Crippen LogP contribution in [-0.4, -0.2) is 25.7 Å². The van der Waals surface area contributed by atoms with Gasteiger partial charge in [-0.25, -0.2) is 0 Å². The van der Waals surface area contributed by atoms with Crippen LogP contribution in [0, 0.1) is 0 Å². The van der Waals surface area contributed by atoms with Gasteiger partial charge in [-0.3, -0.25) is 4.79 Å². The third-order valence-electron chi connectivity index (χ3n) is 5.19. The molecule has 1 amide bonds. The molecule has 0 bridgehead atoms. The number of nitrogens with one attached hydrogen (secondary N) is 2. The van der Waals surface area contributed by atoms with Gasteiger partial charge in [0.1, 0.15) is 11.5 Å². The molecular formula is C28H34N2O3. The van der Waals surface area contributed by atoms with Crippen LogP contribution < -0.4 is 20.1 Å². The van der Waals surface area contributed by atoms with E-state index in [4.69, 9.17) is 9.47 Å². The van der Waals surface area contributed by atoms with Gasteiger partial charge in [-0.05, 0) is 48.4 Å². The van der Waals surface area contributed by atoms with Gasteiger partial charge in [-0.1, -0.05) is 62.6 Å². The molecule has 5 heteroatoms. The molecule has 0 spiro atoms. The van der Waals surface area contributed by atoms with Gasteiger partial charge in [0.2, 0.25) is 5.91 Å². The fourth-order valence-corrected chi connectivity index (χ4v) is 3.37. The summed E-state index contributed by atoms with van der Waals surface area (Å²) in [4.78, 5) is 12.3. The Labute approximate surface area is 197 Å². The zero-order valence-electron chi connectivity index (χ0n) is 19.4. The molecule has 174 valence electrons. The molecule has 0 unspecified atom stereocenters. The average Bonchev–Trinajstić information content (AvgIpc) is 2.85. The van der Waals surface area contributed by atoms with Crippen molar-refractivity contribution in [3.05, 3.63) is 84.4 Å². The largest absolute Gasteiger partial charge is 0.494 e. The molecule has 3 rings (SSSR count). The molecule has 0 fully saturated rings. The summed E-state index contributed by atoms with van der Waals surface area (Å²) >= 11 is 0. The first kappa shape index (κ1) is 24.2. The molecule has 0 heterocycles. The van der Waals surface area contributed by atoms with Crippen LogP contribution in [0.3, 0.4) is 0 Å². The quantitative estimate of drug-likeness (QED) is 0.285. The second-order valence-corrected chi connectivity index (χ2v) is 7.95. The highest BCUT2D eigenvalue weighted by atomic mass is 16.5. The molecule has 0 saturated carbocycles. The van der Waals surface area contributed by atoms with Gasteiger partial charge in [0.25, 0.3) is 0 Å². The van der Waals surface area contributed by atoms with E-state index in [9.17, 15) is 4.79 Å². The lowest BCUT2D eigenvalue weighted by atomic mass is 10.2. The summed E-state index contributed by atoms with van der Waals surface area (Å²) in [6.45, 7) is 3.70. The monoisotopic (exact) mass is 446 g/mol. The Balaban J connectivity index is 1.37. The minimum absolute atomic E-state index is 0.112. The molecule has 2 N–H and O–H groups in total. The third-order valence-corrected chi connectivity index (χ3v) is 5.19. The molecule has 3 aromatic rings. The molecule has 0 radical (unpaired) electrons. The van der Waals surface area contributed by atoms with Gasteiger partial charge in [0, 0.05) is 23.9 Å². The van der Waals surface area contributed by atoms with Gasteiger partial charge in [0.15, 0.2) is 0 Å². The zero-order chi connectivity index (χ0) is 23.1. The van der Waals surface area contributed by atoms with Crippen molar-refractivity contribution in [1.82, 2.24) is 0 Å². The van der Waals surface area contributed by atoms with Crippen molar-refractivity contribution in [2.75, 3.05) is 30.4 Å². The zero-order valence-corrected chi connectivity index (χ0v) is 19.4. The minimum Gasteiger partial charge on any atom is -0.494 e. The molecule has 0 aliphatic heterocycles. The molecular weight excluding hydrogens is 412 g/mol. The van der Waals surface area contributed by atoms with E-state index in [0.717, 1.165) is 42.3 Å². The highest BCUT2D eigenvalue weighted by Crippen LogP contribution is 2.19. The first-order valence-electron chi connectivity index (χ1n) is 11.8. The maximum absolute atomic E-state index is 12.3. The van der Waals surface area contributed by atoms with Crippen molar-refractivity contribution in [2.45, 2.75) is 39.0 Å². The Morgan fingerprint density at radius 3 is 2.33 bits per heavy atom. The fourth-order valence-electron chi connectivity index (χ4n) is 3.37. The summed E-state index contributed by atoms with van der Waals surface area (Å²) in [6, 6.07) is 25.4. The van der Waals surface area contributed by atoms with E-state index in [-0.39, 0.29) is 12.5 Å². The number of unbranched alkanes of at least 4 members (excludes halogenated alkanes) is 3. The van der Waals surface area contributed by atoms with Crippen LogP contribution in [-0.2, 0) is 11.2 Å². The van der Waals surface area contributed by atoms with E-state index in [1.54, 1.807) is 0 Å². The number of hydrogen-bond donors (Lipinski definition) is 2. The van der Waals surface area contributed by atoms with Crippen molar-refractivity contribution >= 4 is 17.3 Å². The van der Waals surface area contributed by atoms with Crippen LogP contribution in [0.2, 0.25) is 0 Å². The molecule has 5 nitrogen and oxygen atoms in total. The lowest BCUT2D eigenvalue weighted by Gasteiger charge is -2.11. The summed E-state index contributed by atoms with van der Waals surface area (Å²) in [5.74, 6) is 1.49. The lowest BCUT2D eigenvalue weighted by Crippen LogP contribution is -2.21. The normalized spacial score (nSPS) is 10.5. The average molecular weight is 447 g/mol. The van der Waals surface area contributed by atoms with Crippen molar-refractivity contribution in [1.29, 1.82) is 0 Å². The number of amides is 1. The highest BCUT2D eigenvalue weighted by Gasteiger charge is 2.04. The van der Waals surface area contributed by atoms with Crippen LogP contribution in [0.1, 0.15) is 38.2 Å². The Hall–Kier alpha value is -3.47. The molecule has 3 aromatic carbocycles. The Morgan fingerprint density at radius 2 is 1.55 bits per heavy atom. The summed E-state index contributed by atoms with van der Waals surface area (Å²) < 4.78 is 11.6. The standard InChI is InChI=1S/C28H34N2O3/c1-2-3-4-8-19-32-26-16-14-24(15-17-26)30-28(31)22-29-25-12-9-13-27(21-25)33-20-18-23-10-6-5-7-11-23/h5-7,9-17,21,29H,2-4,8,18-20,22H2,1H3,(H,30,31). The second kappa shape index (κ2) is 13.8. The predicted octanol–water partition coefficient (Wildman–Crippen LogP) is 6.32. The number of rotatable bonds is 14. The molecule has 0 aromatic heterocycles. The molecule has 0 aliphatic carbocycles. The topological polar surface area (TPSA) is 59.6 Å². The van der Waals surface area contributed by atoms with Crippen LogP contribution in [0.5, 0.6) is 11.5 Å². The van der Waals surface area contributed by atoms with Gasteiger partial charge in [-0.2, -0.15) is 0 Å². The summed E-state index contributed by atoms with van der Waals surface area (Å²) in [7, 11) is 0. The van der Waals surface area contributed by atoms with E-state index in [1.165, 1.54) is 24.8 Å². The maximum Gasteiger partial charge on any atom is 0.243 e. The maximum atomic E-state index is 12.3. The van der Waals surface area contributed by atoms with Gasteiger partial charge < -0.3 is 20.1 Å². The minimum atomic E-state index is -0.112. The van der Waals surface area contributed by atoms with E-state index >= 15 is 0 Å². The van der Waals surface area contributed by atoms with Crippen LogP contribution in [0.4, 0.5) is 11.4 Å².